The van der Waals surface area contributed by atoms with Crippen molar-refractivity contribution in [3.8, 4) is 11.4 Å². The Hall–Kier alpha value is -4.90. The summed E-state index contributed by atoms with van der Waals surface area (Å²) in [7, 11) is 1.86. The van der Waals surface area contributed by atoms with Gasteiger partial charge in [0, 0.05) is 25.1 Å². The van der Waals surface area contributed by atoms with Gasteiger partial charge in [0.1, 0.15) is 17.7 Å². The van der Waals surface area contributed by atoms with Crippen molar-refractivity contribution < 1.29 is 14.6 Å². The van der Waals surface area contributed by atoms with E-state index in [-0.39, 0.29) is 30.2 Å². The van der Waals surface area contributed by atoms with Gasteiger partial charge in [-0.1, -0.05) is 62.7 Å². The number of anilines is 2. The van der Waals surface area contributed by atoms with Crippen LogP contribution < -0.4 is 20.3 Å². The smallest absolute Gasteiger partial charge is 0.320 e. The van der Waals surface area contributed by atoms with Crippen LogP contribution >= 0.6 is 0 Å². The Balaban J connectivity index is 1.20. The van der Waals surface area contributed by atoms with E-state index in [1.165, 1.54) is 0 Å². The van der Waals surface area contributed by atoms with E-state index in [2.05, 4.69) is 53.7 Å². The Bertz CT molecular complexity index is 1800. The first-order valence-electron chi connectivity index (χ1n) is 15.3. The van der Waals surface area contributed by atoms with Gasteiger partial charge in [0.05, 0.1) is 30.2 Å². The van der Waals surface area contributed by atoms with Gasteiger partial charge >= 0.3 is 6.03 Å². The molecule has 2 aromatic carbocycles. The number of benzene rings is 2. The third-order valence-corrected chi connectivity index (χ3v) is 8.15. The number of nitrogens with zero attached hydrogens (tertiary/aromatic N) is 6. The highest BCUT2D eigenvalue weighted by atomic mass is 16.5. The van der Waals surface area contributed by atoms with Crippen molar-refractivity contribution in [3.05, 3.63) is 95.3 Å². The fourth-order valence-electron chi connectivity index (χ4n) is 5.66. The highest BCUT2D eigenvalue weighted by Crippen LogP contribution is 2.39. The fraction of sp³-hybridized carbons (Fsp3) is 0.353. The van der Waals surface area contributed by atoms with E-state index >= 15 is 0 Å². The Kier molecular flexibility index (Phi) is 8.20. The molecule has 2 atom stereocenters. The number of likely N-dealkylation sites (N-methyl/N-ethyl adjacent to an activating group) is 1. The zero-order valence-electron chi connectivity index (χ0n) is 26.4. The van der Waals surface area contributed by atoms with Crippen LogP contribution in [-0.4, -0.2) is 55.7 Å². The van der Waals surface area contributed by atoms with E-state index in [0.717, 1.165) is 34.5 Å². The molecule has 0 radical (unpaired) electrons. The molecule has 3 heterocycles. The number of hydrogen-bond acceptors (Lipinski definition) is 7. The predicted octanol–water partition coefficient (Wildman–Crippen LogP) is 5.73. The molecule has 0 unspecified atom stereocenters. The quantitative estimate of drug-likeness (QED) is 0.206. The number of hydrogen-bond donors (Lipinski definition) is 3. The SMILES string of the molecule is Cc1ccc(-n2nc(C(C)(C)C)cc2NC(=O)N[C@H]2CC[C@@H](Oc3ccc4nnc(N(C)CCO)n4c3)c3ccccc32)cc1. The first-order valence-corrected chi connectivity index (χ1v) is 15.3. The van der Waals surface area contributed by atoms with Gasteiger partial charge < -0.3 is 20.1 Å². The molecule has 0 saturated carbocycles. The van der Waals surface area contributed by atoms with Crippen LogP contribution in [0.1, 0.15) is 68.1 Å². The van der Waals surface area contributed by atoms with Gasteiger partial charge in [0.25, 0.3) is 0 Å². The van der Waals surface area contributed by atoms with Crippen molar-refractivity contribution in [1.29, 1.82) is 0 Å². The Morgan fingerprint density at radius 1 is 1.04 bits per heavy atom. The van der Waals surface area contributed by atoms with E-state index < -0.39 is 0 Å². The maximum absolute atomic E-state index is 13.5. The van der Waals surface area contributed by atoms with E-state index in [1.807, 2.05) is 84.1 Å². The number of nitrogens with one attached hydrogen (secondary N) is 2. The number of aryl methyl sites for hydroxylation is 1. The number of ether oxygens (including phenoxy) is 1. The molecule has 0 saturated heterocycles. The highest BCUT2D eigenvalue weighted by Gasteiger charge is 2.30. The number of carbonyl (C=O) groups excluding carboxylic acids is 1. The van der Waals surface area contributed by atoms with Crippen LogP contribution in [0.4, 0.5) is 16.6 Å². The van der Waals surface area contributed by atoms with Crippen molar-refractivity contribution >= 4 is 23.4 Å². The van der Waals surface area contributed by atoms with Crippen LogP contribution in [0.25, 0.3) is 11.3 Å². The highest BCUT2D eigenvalue weighted by molar-refractivity contribution is 5.89. The van der Waals surface area contributed by atoms with Crippen molar-refractivity contribution in [2.24, 2.45) is 0 Å². The largest absolute Gasteiger partial charge is 0.484 e. The zero-order chi connectivity index (χ0) is 31.7. The standard InChI is InChI=1S/C34H40N8O3/c1-22-10-12-23(13-11-22)42-31(20-29(39-42)34(2,3)4)36-32(44)35-27-15-16-28(26-9-7-6-8-25(26)27)45-24-14-17-30-37-38-33(41(30)21-24)40(5)18-19-43/h6-14,17,20-21,27-28,43H,15-16,18-19H2,1-5H3,(H2,35,36,44)/t27-,28+/m0/s1. The minimum absolute atomic E-state index is 0.0159. The molecule has 45 heavy (non-hydrogen) atoms. The molecular weight excluding hydrogens is 568 g/mol. The van der Waals surface area contributed by atoms with Gasteiger partial charge in [0.2, 0.25) is 5.95 Å². The van der Waals surface area contributed by atoms with Gasteiger partial charge in [-0.25, -0.2) is 9.48 Å². The molecule has 3 aromatic heterocycles. The molecule has 234 valence electrons. The summed E-state index contributed by atoms with van der Waals surface area (Å²) in [5.41, 5.74) is 5.50. The molecule has 11 nitrogen and oxygen atoms in total. The van der Waals surface area contributed by atoms with Crippen LogP contribution in [0.3, 0.4) is 0 Å². The van der Waals surface area contributed by atoms with E-state index in [4.69, 9.17) is 9.84 Å². The third kappa shape index (κ3) is 6.34. The second kappa shape index (κ2) is 12.2. The van der Waals surface area contributed by atoms with Crippen LogP contribution in [0.5, 0.6) is 5.75 Å². The van der Waals surface area contributed by atoms with E-state index in [9.17, 15) is 9.90 Å². The molecule has 6 rings (SSSR count). The maximum Gasteiger partial charge on any atom is 0.320 e. The molecule has 0 fully saturated rings. The Morgan fingerprint density at radius 3 is 2.53 bits per heavy atom. The minimum atomic E-state index is -0.291. The number of rotatable bonds is 8. The fourth-order valence-corrected chi connectivity index (χ4v) is 5.66. The number of aliphatic hydroxyl groups excluding tert-OH is 1. The molecule has 0 spiro atoms. The van der Waals surface area contributed by atoms with Gasteiger partial charge in [0.15, 0.2) is 5.65 Å². The zero-order valence-corrected chi connectivity index (χ0v) is 26.4. The number of amides is 2. The monoisotopic (exact) mass is 608 g/mol. The number of fused-ring (bicyclic) bond motifs is 2. The van der Waals surface area contributed by atoms with Crippen molar-refractivity contribution in [1.82, 2.24) is 29.7 Å². The average Bonchev–Trinajstić information content (AvgIpc) is 3.63. The number of aromatic nitrogens is 5. The third-order valence-electron chi connectivity index (χ3n) is 8.15. The molecule has 2 amide bonds. The summed E-state index contributed by atoms with van der Waals surface area (Å²) in [6.07, 6.45) is 3.11. The number of urea groups is 1. The second-order valence-corrected chi connectivity index (χ2v) is 12.6. The minimum Gasteiger partial charge on any atom is -0.484 e. The summed E-state index contributed by atoms with van der Waals surface area (Å²) in [5.74, 6) is 1.92. The lowest BCUT2D eigenvalue weighted by Gasteiger charge is -2.32. The van der Waals surface area contributed by atoms with Crippen molar-refractivity contribution in [2.75, 3.05) is 30.4 Å². The lowest BCUT2D eigenvalue weighted by molar-refractivity contribution is 0.171. The average molecular weight is 609 g/mol. The Labute approximate surface area is 262 Å². The second-order valence-electron chi connectivity index (χ2n) is 12.6. The van der Waals surface area contributed by atoms with Gasteiger partial charge in [-0.3, -0.25) is 9.72 Å². The van der Waals surface area contributed by atoms with Crippen LogP contribution in [0.15, 0.2) is 72.9 Å². The number of carbonyl (C=O) groups is 1. The van der Waals surface area contributed by atoms with Gasteiger partial charge in [-0.15, -0.1) is 10.2 Å². The van der Waals surface area contributed by atoms with Gasteiger partial charge in [-0.2, -0.15) is 5.10 Å². The van der Waals surface area contributed by atoms with Crippen LogP contribution in [0.2, 0.25) is 0 Å². The maximum atomic E-state index is 13.5. The molecule has 0 aliphatic heterocycles. The summed E-state index contributed by atoms with van der Waals surface area (Å²) in [5, 5.41) is 29.0. The van der Waals surface area contributed by atoms with Crippen molar-refractivity contribution in [2.45, 2.75) is 58.1 Å². The van der Waals surface area contributed by atoms with Crippen molar-refractivity contribution in [3.63, 3.8) is 0 Å². The topological polar surface area (TPSA) is 122 Å². The molecule has 11 heteroatoms. The molecule has 5 aromatic rings. The summed E-state index contributed by atoms with van der Waals surface area (Å²) in [4.78, 5) is 15.3. The lowest BCUT2D eigenvalue weighted by atomic mass is 9.85. The normalized spacial score (nSPS) is 16.3. The Morgan fingerprint density at radius 2 is 1.80 bits per heavy atom. The first-order chi connectivity index (χ1) is 21.6. The van der Waals surface area contributed by atoms with E-state index in [0.29, 0.717) is 36.1 Å². The summed E-state index contributed by atoms with van der Waals surface area (Å²) < 4.78 is 10.2. The summed E-state index contributed by atoms with van der Waals surface area (Å²) >= 11 is 0. The molecule has 1 aliphatic rings. The molecule has 3 N–H and O–H groups in total. The summed E-state index contributed by atoms with van der Waals surface area (Å²) in [6.45, 7) is 8.82. The first kappa shape index (κ1) is 30.1. The van der Waals surface area contributed by atoms with E-state index in [1.54, 1.807) is 4.68 Å². The van der Waals surface area contributed by atoms with Crippen LogP contribution in [-0.2, 0) is 5.41 Å². The molecule has 0 bridgehead atoms. The molecular formula is C34H40N8O3. The number of pyridine rings is 1. The predicted molar refractivity (Wildman–Crippen MR) is 174 cm³/mol. The summed E-state index contributed by atoms with van der Waals surface area (Å²) in [6, 6.07) is 21.4. The lowest BCUT2D eigenvalue weighted by Crippen LogP contribution is -2.36. The van der Waals surface area contributed by atoms with Gasteiger partial charge in [-0.05, 0) is 55.2 Å². The van der Waals surface area contributed by atoms with Crippen LogP contribution in [0, 0.1) is 6.92 Å². The molecule has 1 aliphatic carbocycles. The number of aliphatic hydroxyl groups is 1.